The Morgan fingerprint density at radius 3 is 2.52 bits per heavy atom. The fraction of sp³-hybridized carbons (Fsp3) is 0.391. The Kier molecular flexibility index (Phi) is 5.26. The number of nitrogens with zero attached hydrogens (tertiary/aromatic N) is 1. The van der Waals surface area contributed by atoms with Crippen LogP contribution < -0.4 is 9.47 Å². The number of carbonyl (C=O) groups excluding carboxylic acids is 2. The van der Waals surface area contributed by atoms with Gasteiger partial charge in [-0.3, -0.25) is 9.59 Å². The lowest BCUT2D eigenvalue weighted by molar-refractivity contribution is -0.136. The van der Waals surface area contributed by atoms with E-state index in [2.05, 4.69) is 0 Å². The van der Waals surface area contributed by atoms with E-state index >= 15 is 0 Å². The number of rotatable bonds is 3. The summed E-state index contributed by atoms with van der Waals surface area (Å²) in [6.07, 6.45) is 1.64. The molecule has 0 aromatic heterocycles. The van der Waals surface area contributed by atoms with Crippen LogP contribution in [0.5, 0.6) is 11.5 Å². The van der Waals surface area contributed by atoms with Gasteiger partial charge >= 0.3 is 0 Å². The van der Waals surface area contributed by atoms with E-state index in [0.717, 1.165) is 11.1 Å². The number of likely N-dealkylation sites (tertiary alicyclic amines) is 1. The minimum Gasteiger partial charge on any atom is -0.486 e. The molecule has 1 saturated heterocycles. The van der Waals surface area contributed by atoms with Crippen molar-refractivity contribution >= 4 is 23.3 Å². The first-order valence-corrected chi connectivity index (χ1v) is 10.2. The van der Waals surface area contributed by atoms with Crippen LogP contribution >= 0.6 is 11.6 Å². The predicted octanol–water partition coefficient (Wildman–Crippen LogP) is 4.36. The summed E-state index contributed by atoms with van der Waals surface area (Å²) in [5, 5.41) is 0.624. The third kappa shape index (κ3) is 3.97. The predicted molar refractivity (Wildman–Crippen MR) is 111 cm³/mol. The van der Waals surface area contributed by atoms with Gasteiger partial charge in [0.2, 0.25) is 0 Å². The molecule has 2 aromatic carbocycles. The van der Waals surface area contributed by atoms with Crippen LogP contribution in [0.1, 0.15) is 40.7 Å². The van der Waals surface area contributed by atoms with E-state index in [-0.39, 0.29) is 18.3 Å². The second-order valence-corrected chi connectivity index (χ2v) is 8.33. The number of halogens is 1. The minimum atomic E-state index is -0.517. The second kappa shape index (κ2) is 7.71. The zero-order valence-corrected chi connectivity index (χ0v) is 17.4. The van der Waals surface area contributed by atoms with Gasteiger partial charge in [0.25, 0.3) is 5.91 Å². The SMILES string of the molecule is Cc1ccc2c(c1C)OC1(CCN(C(=O)COc3ccc(Cl)cc3)CC1)CC2=O. The molecular weight excluding hydrogens is 390 g/mol. The number of piperidine rings is 1. The molecule has 1 spiro atoms. The smallest absolute Gasteiger partial charge is 0.260 e. The molecule has 0 bridgehead atoms. The zero-order chi connectivity index (χ0) is 20.6. The van der Waals surface area contributed by atoms with Gasteiger partial charge in [-0.1, -0.05) is 17.7 Å². The fourth-order valence-corrected chi connectivity index (χ4v) is 4.12. The van der Waals surface area contributed by atoms with E-state index in [1.807, 2.05) is 26.0 Å². The van der Waals surface area contributed by atoms with E-state index in [4.69, 9.17) is 21.1 Å². The van der Waals surface area contributed by atoms with Crippen LogP contribution in [0.25, 0.3) is 0 Å². The van der Waals surface area contributed by atoms with Crippen molar-refractivity contribution in [3.8, 4) is 11.5 Å². The van der Waals surface area contributed by atoms with Crippen molar-refractivity contribution < 1.29 is 19.1 Å². The second-order valence-electron chi connectivity index (χ2n) is 7.89. The number of carbonyl (C=O) groups is 2. The topological polar surface area (TPSA) is 55.8 Å². The van der Waals surface area contributed by atoms with Gasteiger partial charge in [-0.2, -0.15) is 0 Å². The van der Waals surface area contributed by atoms with Crippen LogP contribution in [0.4, 0.5) is 0 Å². The molecule has 2 aliphatic rings. The van der Waals surface area contributed by atoms with Crippen molar-refractivity contribution in [1.29, 1.82) is 0 Å². The summed E-state index contributed by atoms with van der Waals surface area (Å²) in [5.74, 6) is 1.39. The van der Waals surface area contributed by atoms with E-state index < -0.39 is 5.60 Å². The Balaban J connectivity index is 1.38. The Hall–Kier alpha value is -2.53. The molecule has 1 amide bonds. The molecule has 29 heavy (non-hydrogen) atoms. The third-order valence-electron chi connectivity index (χ3n) is 5.98. The first-order chi connectivity index (χ1) is 13.9. The number of ether oxygens (including phenoxy) is 2. The average Bonchev–Trinajstić information content (AvgIpc) is 2.71. The quantitative estimate of drug-likeness (QED) is 0.750. The molecule has 0 aliphatic carbocycles. The highest BCUT2D eigenvalue weighted by Crippen LogP contribution is 2.41. The normalized spacial score (nSPS) is 17.6. The summed E-state index contributed by atoms with van der Waals surface area (Å²) in [7, 11) is 0. The van der Waals surface area contributed by atoms with Gasteiger partial charge in [0.15, 0.2) is 12.4 Å². The summed E-state index contributed by atoms with van der Waals surface area (Å²) in [6, 6.07) is 10.8. The van der Waals surface area contributed by atoms with E-state index in [1.54, 1.807) is 29.2 Å². The molecule has 4 rings (SSSR count). The van der Waals surface area contributed by atoms with Gasteiger partial charge in [-0.05, 0) is 55.3 Å². The number of hydrogen-bond acceptors (Lipinski definition) is 4. The lowest BCUT2D eigenvalue weighted by Crippen LogP contribution is -2.53. The number of fused-ring (bicyclic) bond motifs is 1. The first-order valence-electron chi connectivity index (χ1n) is 9.85. The van der Waals surface area contributed by atoms with Crippen LogP contribution in [0.2, 0.25) is 5.02 Å². The van der Waals surface area contributed by atoms with Crippen LogP contribution in [0.15, 0.2) is 36.4 Å². The van der Waals surface area contributed by atoms with Gasteiger partial charge in [-0.25, -0.2) is 0 Å². The highest BCUT2D eigenvalue weighted by atomic mass is 35.5. The molecule has 2 aliphatic heterocycles. The number of hydrogen-bond donors (Lipinski definition) is 0. The number of ketones is 1. The lowest BCUT2D eigenvalue weighted by Gasteiger charge is -2.44. The molecule has 0 atom stereocenters. The molecule has 5 nitrogen and oxygen atoms in total. The molecule has 1 fully saturated rings. The molecule has 6 heteroatoms. The van der Waals surface area contributed by atoms with E-state index in [9.17, 15) is 9.59 Å². The fourth-order valence-electron chi connectivity index (χ4n) is 3.99. The van der Waals surface area contributed by atoms with Gasteiger partial charge in [0.05, 0.1) is 12.0 Å². The summed E-state index contributed by atoms with van der Waals surface area (Å²) < 4.78 is 12.0. The van der Waals surface area contributed by atoms with Gasteiger partial charge in [0, 0.05) is 31.0 Å². The lowest BCUT2D eigenvalue weighted by atomic mass is 9.81. The van der Waals surface area contributed by atoms with Crippen LogP contribution in [-0.4, -0.2) is 41.9 Å². The maximum atomic E-state index is 12.7. The Morgan fingerprint density at radius 1 is 1.14 bits per heavy atom. The number of amides is 1. The van der Waals surface area contributed by atoms with E-state index in [1.165, 1.54) is 0 Å². The summed E-state index contributed by atoms with van der Waals surface area (Å²) >= 11 is 5.86. The van der Waals surface area contributed by atoms with Crippen molar-refractivity contribution in [1.82, 2.24) is 4.90 Å². The van der Waals surface area contributed by atoms with Gasteiger partial charge in [0.1, 0.15) is 17.1 Å². The highest BCUT2D eigenvalue weighted by molar-refractivity contribution is 6.30. The monoisotopic (exact) mass is 413 g/mol. The molecule has 152 valence electrons. The first kappa shape index (κ1) is 19.8. The summed E-state index contributed by atoms with van der Waals surface area (Å²) in [5.41, 5.74) is 2.29. The summed E-state index contributed by atoms with van der Waals surface area (Å²) in [4.78, 5) is 27.1. The van der Waals surface area contributed by atoms with Crippen molar-refractivity contribution in [2.24, 2.45) is 0 Å². The standard InChI is InChI=1S/C23H24ClNO4/c1-15-3-8-19-20(26)13-23(29-22(19)16(15)2)9-11-25(12-10-23)21(27)14-28-18-6-4-17(24)5-7-18/h3-8H,9-14H2,1-2H3. The zero-order valence-electron chi connectivity index (χ0n) is 16.7. The number of Topliss-reactive ketones (excluding diaryl/α,β-unsaturated/α-hetero) is 1. The van der Waals surface area contributed by atoms with Crippen LogP contribution in [0.3, 0.4) is 0 Å². The van der Waals surface area contributed by atoms with Crippen molar-refractivity contribution in [3.05, 3.63) is 58.1 Å². The Labute approximate surface area is 175 Å². The third-order valence-corrected chi connectivity index (χ3v) is 6.23. The Morgan fingerprint density at radius 2 is 1.83 bits per heavy atom. The molecule has 0 N–H and O–H groups in total. The number of aryl methyl sites for hydroxylation is 1. The molecule has 0 unspecified atom stereocenters. The molecule has 2 aromatic rings. The van der Waals surface area contributed by atoms with Crippen molar-refractivity contribution in [2.75, 3.05) is 19.7 Å². The van der Waals surface area contributed by atoms with Gasteiger partial charge < -0.3 is 14.4 Å². The van der Waals surface area contributed by atoms with Crippen molar-refractivity contribution in [3.63, 3.8) is 0 Å². The average molecular weight is 414 g/mol. The molecule has 0 radical (unpaired) electrons. The Bertz CT molecular complexity index is 946. The van der Waals surface area contributed by atoms with Gasteiger partial charge in [-0.15, -0.1) is 0 Å². The van der Waals surface area contributed by atoms with Crippen molar-refractivity contribution in [2.45, 2.75) is 38.7 Å². The van der Waals surface area contributed by atoms with Crippen LogP contribution in [-0.2, 0) is 4.79 Å². The summed E-state index contributed by atoms with van der Waals surface area (Å²) in [6.45, 7) is 5.10. The van der Waals surface area contributed by atoms with E-state index in [0.29, 0.717) is 54.4 Å². The largest absolute Gasteiger partial charge is 0.486 e. The number of benzene rings is 2. The highest BCUT2D eigenvalue weighted by Gasteiger charge is 2.44. The molecule has 0 saturated carbocycles. The van der Waals surface area contributed by atoms with Crippen LogP contribution in [0, 0.1) is 13.8 Å². The molecular formula is C23H24ClNO4. The molecule has 2 heterocycles. The maximum Gasteiger partial charge on any atom is 0.260 e. The maximum absolute atomic E-state index is 12.7. The minimum absolute atomic E-state index is 0.0183.